The van der Waals surface area contributed by atoms with Crippen molar-refractivity contribution in [3.63, 3.8) is 0 Å². The molecule has 6 nitrogen and oxygen atoms in total. The summed E-state index contributed by atoms with van der Waals surface area (Å²) in [4.78, 5) is 41.7. The van der Waals surface area contributed by atoms with Crippen molar-refractivity contribution in [3.05, 3.63) is 95.8 Å². The Morgan fingerprint density at radius 1 is 0.909 bits per heavy atom. The lowest BCUT2D eigenvalue weighted by molar-refractivity contribution is -0.124. The first-order chi connectivity index (χ1) is 16.0. The maximum Gasteiger partial charge on any atom is 0.332 e. The second kappa shape index (κ2) is 9.65. The highest BCUT2D eigenvalue weighted by Gasteiger charge is 2.46. The normalized spacial score (nSPS) is 15.8. The van der Waals surface area contributed by atoms with Gasteiger partial charge in [0.05, 0.1) is 12.1 Å². The molecule has 0 spiro atoms. The molecule has 1 atom stereocenters. The number of carbonyl (C=O) groups is 3. The van der Waals surface area contributed by atoms with Crippen molar-refractivity contribution >= 4 is 29.2 Å². The topological polar surface area (TPSA) is 69.7 Å². The number of amides is 4. The van der Waals surface area contributed by atoms with E-state index in [0.29, 0.717) is 16.9 Å². The third-order valence-electron chi connectivity index (χ3n) is 5.62. The van der Waals surface area contributed by atoms with E-state index in [2.05, 4.69) is 5.32 Å². The van der Waals surface area contributed by atoms with Gasteiger partial charge in [0.2, 0.25) is 5.91 Å². The van der Waals surface area contributed by atoms with E-state index in [-0.39, 0.29) is 18.9 Å². The smallest absolute Gasteiger partial charge is 0.326 e. The number of hydrogen-bond acceptors (Lipinski definition) is 3. The predicted octanol–water partition coefficient (Wildman–Crippen LogP) is 4.75. The van der Waals surface area contributed by atoms with Gasteiger partial charge in [-0.05, 0) is 53.9 Å². The summed E-state index contributed by atoms with van der Waals surface area (Å²) < 4.78 is 13.3. The second-order valence-corrected chi connectivity index (χ2v) is 7.86. The zero-order chi connectivity index (χ0) is 23.4. The summed E-state index contributed by atoms with van der Waals surface area (Å²) in [6.07, 6.45) is 0.700. The van der Waals surface area contributed by atoms with Crippen LogP contribution in [0.5, 0.6) is 0 Å². The molecule has 168 valence electrons. The summed E-state index contributed by atoms with van der Waals surface area (Å²) in [5, 5.41) is 2.80. The lowest BCUT2D eigenvalue weighted by Gasteiger charge is -2.21. The van der Waals surface area contributed by atoms with Crippen LogP contribution in [0.3, 0.4) is 0 Å². The standard InChI is InChI=1S/C26H24FN3O3/c1-2-18-10-14-21(15-11-18)28-24(31)16-23-25(32)30(22-6-4-3-5-7-22)26(33)29(23)17-19-8-12-20(27)13-9-19/h3-15,23H,2,16-17H2,1H3,(H,28,31)/t23-/m1/s1. The van der Waals surface area contributed by atoms with E-state index in [9.17, 15) is 18.8 Å². The number of para-hydroxylation sites is 1. The largest absolute Gasteiger partial charge is 0.332 e. The molecular formula is C26H24FN3O3. The average Bonchev–Trinajstić information content (AvgIpc) is 3.05. The number of nitrogens with zero attached hydrogens (tertiary/aromatic N) is 2. The molecule has 1 aliphatic rings. The van der Waals surface area contributed by atoms with Gasteiger partial charge in [0.15, 0.2) is 0 Å². The minimum Gasteiger partial charge on any atom is -0.326 e. The lowest BCUT2D eigenvalue weighted by atomic mass is 10.1. The van der Waals surface area contributed by atoms with Crippen LogP contribution in [0.2, 0.25) is 0 Å². The zero-order valence-electron chi connectivity index (χ0n) is 18.2. The number of anilines is 2. The van der Waals surface area contributed by atoms with E-state index in [0.717, 1.165) is 16.9 Å². The van der Waals surface area contributed by atoms with Gasteiger partial charge in [-0.2, -0.15) is 0 Å². The Bertz CT molecular complexity index is 1150. The van der Waals surface area contributed by atoms with Crippen molar-refractivity contribution in [1.29, 1.82) is 0 Å². The number of nitrogens with one attached hydrogen (secondary N) is 1. The van der Waals surface area contributed by atoms with Crippen molar-refractivity contribution < 1.29 is 18.8 Å². The number of halogens is 1. The molecule has 33 heavy (non-hydrogen) atoms. The van der Waals surface area contributed by atoms with E-state index in [1.807, 2.05) is 31.2 Å². The number of urea groups is 1. The molecule has 1 fully saturated rings. The van der Waals surface area contributed by atoms with Crippen LogP contribution in [0.25, 0.3) is 0 Å². The quantitative estimate of drug-likeness (QED) is 0.534. The molecule has 0 saturated carbocycles. The number of benzene rings is 3. The van der Waals surface area contributed by atoms with E-state index < -0.39 is 23.8 Å². The highest BCUT2D eigenvalue weighted by Crippen LogP contribution is 2.28. The molecule has 0 aromatic heterocycles. The van der Waals surface area contributed by atoms with Crippen LogP contribution in [-0.4, -0.2) is 28.8 Å². The first-order valence-electron chi connectivity index (χ1n) is 10.8. The van der Waals surface area contributed by atoms with Crippen molar-refractivity contribution in [2.45, 2.75) is 32.4 Å². The fourth-order valence-corrected chi connectivity index (χ4v) is 3.83. The fourth-order valence-electron chi connectivity index (χ4n) is 3.83. The Morgan fingerprint density at radius 3 is 2.18 bits per heavy atom. The SMILES string of the molecule is CCc1ccc(NC(=O)C[C@@H]2C(=O)N(c3ccccc3)C(=O)N2Cc2ccc(F)cc2)cc1. The van der Waals surface area contributed by atoms with Gasteiger partial charge < -0.3 is 10.2 Å². The van der Waals surface area contributed by atoms with Gasteiger partial charge in [-0.1, -0.05) is 49.4 Å². The number of hydrogen-bond donors (Lipinski definition) is 1. The molecule has 3 aromatic rings. The molecule has 0 aliphatic carbocycles. The summed E-state index contributed by atoms with van der Waals surface area (Å²) >= 11 is 0. The van der Waals surface area contributed by atoms with E-state index >= 15 is 0 Å². The van der Waals surface area contributed by atoms with E-state index in [1.165, 1.54) is 17.0 Å². The number of rotatable bonds is 7. The second-order valence-electron chi connectivity index (χ2n) is 7.86. The Balaban J connectivity index is 1.57. The summed E-state index contributed by atoms with van der Waals surface area (Å²) in [5.74, 6) is -1.23. The van der Waals surface area contributed by atoms with Crippen LogP contribution in [0.4, 0.5) is 20.6 Å². The van der Waals surface area contributed by atoms with Crippen molar-refractivity contribution in [3.8, 4) is 0 Å². The highest BCUT2D eigenvalue weighted by molar-refractivity contribution is 6.22. The van der Waals surface area contributed by atoms with Crippen LogP contribution < -0.4 is 10.2 Å². The van der Waals surface area contributed by atoms with Crippen molar-refractivity contribution in [1.82, 2.24) is 4.90 Å². The lowest BCUT2D eigenvalue weighted by Crippen LogP contribution is -2.37. The van der Waals surface area contributed by atoms with Crippen molar-refractivity contribution in [2.24, 2.45) is 0 Å². The van der Waals surface area contributed by atoms with Gasteiger partial charge in [-0.3, -0.25) is 9.59 Å². The molecule has 0 radical (unpaired) electrons. The number of carbonyl (C=O) groups excluding carboxylic acids is 3. The Hall–Kier alpha value is -4.00. The minimum atomic E-state index is -0.974. The number of aryl methyl sites for hydroxylation is 1. The first-order valence-corrected chi connectivity index (χ1v) is 10.8. The zero-order valence-corrected chi connectivity index (χ0v) is 18.2. The van der Waals surface area contributed by atoms with Crippen LogP contribution in [0.1, 0.15) is 24.5 Å². The van der Waals surface area contributed by atoms with Gasteiger partial charge >= 0.3 is 6.03 Å². The molecule has 0 unspecified atom stereocenters. The highest BCUT2D eigenvalue weighted by atomic mass is 19.1. The summed E-state index contributed by atoms with van der Waals surface area (Å²) in [7, 11) is 0. The van der Waals surface area contributed by atoms with Gasteiger partial charge in [0.25, 0.3) is 5.91 Å². The van der Waals surface area contributed by atoms with Gasteiger partial charge in [-0.15, -0.1) is 0 Å². The van der Waals surface area contributed by atoms with Crippen LogP contribution in [0.15, 0.2) is 78.9 Å². The molecule has 7 heteroatoms. The average molecular weight is 445 g/mol. The summed E-state index contributed by atoms with van der Waals surface area (Å²) in [5.41, 5.74) is 2.87. The molecule has 1 saturated heterocycles. The Labute approximate surface area is 191 Å². The summed E-state index contributed by atoms with van der Waals surface area (Å²) in [6, 6.07) is 20.3. The van der Waals surface area contributed by atoms with Crippen LogP contribution >= 0.6 is 0 Å². The Morgan fingerprint density at radius 2 is 1.55 bits per heavy atom. The van der Waals surface area contributed by atoms with Crippen LogP contribution in [0, 0.1) is 5.82 Å². The molecule has 1 N–H and O–H groups in total. The van der Waals surface area contributed by atoms with Crippen LogP contribution in [-0.2, 0) is 22.6 Å². The minimum absolute atomic E-state index is 0.0807. The monoisotopic (exact) mass is 445 g/mol. The maximum absolute atomic E-state index is 13.3. The number of imide groups is 1. The summed E-state index contributed by atoms with van der Waals surface area (Å²) in [6.45, 7) is 2.13. The van der Waals surface area contributed by atoms with E-state index in [1.54, 1.807) is 42.5 Å². The Kier molecular flexibility index (Phi) is 6.49. The van der Waals surface area contributed by atoms with Gasteiger partial charge in [-0.25, -0.2) is 14.1 Å². The molecule has 1 aliphatic heterocycles. The molecule has 3 aromatic carbocycles. The fraction of sp³-hybridized carbons (Fsp3) is 0.192. The molecule has 0 bridgehead atoms. The van der Waals surface area contributed by atoms with Gasteiger partial charge in [0, 0.05) is 12.2 Å². The first kappa shape index (κ1) is 22.2. The molecular weight excluding hydrogens is 421 g/mol. The third kappa shape index (κ3) is 4.92. The van der Waals surface area contributed by atoms with Gasteiger partial charge in [0.1, 0.15) is 11.9 Å². The van der Waals surface area contributed by atoms with E-state index in [4.69, 9.17) is 0 Å². The molecule has 4 amide bonds. The molecule has 1 heterocycles. The maximum atomic E-state index is 13.3. The third-order valence-corrected chi connectivity index (χ3v) is 5.62. The predicted molar refractivity (Wildman–Crippen MR) is 124 cm³/mol. The molecule has 4 rings (SSSR count). The van der Waals surface area contributed by atoms with Crippen molar-refractivity contribution in [2.75, 3.05) is 10.2 Å².